The molecule has 1 N–H and O–H groups in total. The van der Waals surface area contributed by atoms with E-state index in [-0.39, 0.29) is 28.2 Å². The summed E-state index contributed by atoms with van der Waals surface area (Å²) >= 11 is 0. The number of carbonyl (C=O) groups excluding carboxylic acids is 2. The van der Waals surface area contributed by atoms with Gasteiger partial charge in [0, 0.05) is 36.0 Å². The lowest BCUT2D eigenvalue weighted by atomic mass is 9.42. The molecule has 0 bridgehead atoms. The zero-order chi connectivity index (χ0) is 19.3. The van der Waals surface area contributed by atoms with Crippen LogP contribution in [0.4, 0.5) is 0 Å². The molecule has 7 unspecified atom stereocenters. The Morgan fingerprint density at radius 3 is 2.46 bits per heavy atom. The van der Waals surface area contributed by atoms with Crippen molar-refractivity contribution in [3.8, 4) is 0 Å². The first-order chi connectivity index (χ1) is 13.3. The molecule has 7 rings (SSSR count). The fourth-order valence-electron chi connectivity index (χ4n) is 10.3. The summed E-state index contributed by atoms with van der Waals surface area (Å²) in [5.74, 6) is 4.36. The van der Waals surface area contributed by atoms with Crippen LogP contribution in [0.3, 0.4) is 0 Å². The third-order valence-corrected chi connectivity index (χ3v) is 11.6. The highest BCUT2D eigenvalue weighted by atomic mass is 16.6. The maximum atomic E-state index is 12.3. The normalized spacial score (nSPS) is 65.8. The van der Waals surface area contributed by atoms with Gasteiger partial charge in [-0.05, 0) is 74.0 Å². The van der Waals surface area contributed by atoms with Crippen LogP contribution in [0.25, 0.3) is 0 Å². The molecule has 1 saturated heterocycles. The summed E-state index contributed by atoms with van der Waals surface area (Å²) in [4.78, 5) is 24.4. The molecular weight excluding hydrogens is 352 g/mol. The first-order valence-corrected chi connectivity index (χ1v) is 11.7. The van der Waals surface area contributed by atoms with E-state index >= 15 is 0 Å². The van der Waals surface area contributed by atoms with E-state index in [4.69, 9.17) is 4.74 Å². The van der Waals surface area contributed by atoms with Crippen LogP contribution in [0.1, 0.15) is 71.6 Å². The molecular formula is C24H32O4. The minimum atomic E-state index is -0.763. The van der Waals surface area contributed by atoms with Gasteiger partial charge in [-0.2, -0.15) is 0 Å². The van der Waals surface area contributed by atoms with Crippen LogP contribution >= 0.6 is 0 Å². The molecule has 28 heavy (non-hydrogen) atoms. The highest BCUT2D eigenvalue weighted by Gasteiger charge is 2.83. The summed E-state index contributed by atoms with van der Waals surface area (Å²) in [6, 6.07) is 0. The Morgan fingerprint density at radius 2 is 1.71 bits per heavy atom. The molecule has 6 saturated carbocycles. The molecule has 0 aromatic carbocycles. The Kier molecular flexibility index (Phi) is 2.74. The molecule has 0 aromatic rings. The van der Waals surface area contributed by atoms with Gasteiger partial charge < -0.3 is 9.84 Å². The lowest BCUT2D eigenvalue weighted by Gasteiger charge is -2.64. The number of hydrogen-bond acceptors (Lipinski definition) is 4. The van der Waals surface area contributed by atoms with Crippen molar-refractivity contribution in [2.24, 2.45) is 52.3 Å². The van der Waals surface area contributed by atoms with Crippen LogP contribution in [0, 0.1) is 52.3 Å². The lowest BCUT2D eigenvalue weighted by molar-refractivity contribution is -0.223. The molecule has 1 aliphatic heterocycles. The van der Waals surface area contributed by atoms with Crippen molar-refractivity contribution in [2.75, 3.05) is 0 Å². The van der Waals surface area contributed by atoms with Gasteiger partial charge in [0.1, 0.15) is 11.4 Å². The average molecular weight is 385 g/mol. The lowest BCUT2D eigenvalue weighted by Crippen LogP contribution is -2.65. The standard InChI is InChI=1S/C24H32O4/c1-21-6-3-12(25)11-23(21,27)16-9-13(16)19-15(21)4-7-22(2)20(19)14-10-17(14)24(22)8-5-18(26)28-24/h13-17,19-20,27H,3-11H2,1-2H3/t13?,14?,15?,16?,17?,19?,20?,21-,22+,23-,24+/m1/s1. The number of hydrogen-bond donors (Lipinski definition) is 1. The Bertz CT molecular complexity index is 821. The van der Waals surface area contributed by atoms with Crippen LogP contribution in [0.15, 0.2) is 0 Å². The Labute approximate surface area is 166 Å². The van der Waals surface area contributed by atoms with Crippen molar-refractivity contribution in [2.45, 2.75) is 82.8 Å². The van der Waals surface area contributed by atoms with Gasteiger partial charge in [-0.25, -0.2) is 0 Å². The van der Waals surface area contributed by atoms with Gasteiger partial charge in [0.15, 0.2) is 0 Å². The zero-order valence-electron chi connectivity index (χ0n) is 17.1. The maximum Gasteiger partial charge on any atom is 0.306 e. The predicted molar refractivity (Wildman–Crippen MR) is 101 cm³/mol. The second-order valence-corrected chi connectivity index (χ2v) is 12.1. The molecule has 6 aliphatic carbocycles. The summed E-state index contributed by atoms with van der Waals surface area (Å²) in [6.45, 7) is 4.77. The highest BCUT2D eigenvalue weighted by molar-refractivity contribution is 5.81. The summed E-state index contributed by atoms with van der Waals surface area (Å²) < 4.78 is 6.20. The number of aliphatic hydroxyl groups is 1. The third-order valence-electron chi connectivity index (χ3n) is 11.6. The first kappa shape index (κ1) is 16.8. The van der Waals surface area contributed by atoms with Gasteiger partial charge in [0.2, 0.25) is 0 Å². The van der Waals surface area contributed by atoms with Crippen molar-refractivity contribution >= 4 is 11.8 Å². The van der Waals surface area contributed by atoms with E-state index in [1.807, 2.05) is 0 Å². The van der Waals surface area contributed by atoms with Crippen molar-refractivity contribution in [3.05, 3.63) is 0 Å². The predicted octanol–water partition coefficient (Wildman–Crippen LogP) is 3.50. The number of carbonyl (C=O) groups is 2. The molecule has 7 fully saturated rings. The van der Waals surface area contributed by atoms with Crippen molar-refractivity contribution < 1.29 is 19.4 Å². The SMILES string of the molecule is C[C@]12CCC3C(C4CC4[C@]4(O)CC(=O)CC[C@]34C)C1C1CC1[C@@]21CCC(=O)O1. The summed E-state index contributed by atoms with van der Waals surface area (Å²) in [6.07, 6.45) is 8.04. The number of rotatable bonds is 0. The summed E-state index contributed by atoms with van der Waals surface area (Å²) in [5, 5.41) is 11.8. The first-order valence-electron chi connectivity index (χ1n) is 11.7. The van der Waals surface area contributed by atoms with Crippen molar-refractivity contribution in [1.82, 2.24) is 0 Å². The highest BCUT2D eigenvalue weighted by Crippen LogP contribution is 2.83. The molecule has 7 aliphatic rings. The molecule has 4 nitrogen and oxygen atoms in total. The van der Waals surface area contributed by atoms with Crippen LogP contribution in [0.5, 0.6) is 0 Å². The van der Waals surface area contributed by atoms with E-state index in [0.29, 0.717) is 54.8 Å². The fraction of sp³-hybridized carbons (Fsp3) is 0.917. The minimum absolute atomic E-state index is 0.0229. The molecule has 0 radical (unpaired) electrons. The van der Waals surface area contributed by atoms with E-state index in [1.54, 1.807) is 0 Å². The minimum Gasteiger partial charge on any atom is -0.458 e. The van der Waals surface area contributed by atoms with Crippen molar-refractivity contribution in [3.63, 3.8) is 0 Å². The van der Waals surface area contributed by atoms with E-state index in [2.05, 4.69) is 13.8 Å². The fourth-order valence-corrected chi connectivity index (χ4v) is 10.3. The molecule has 11 atom stereocenters. The maximum absolute atomic E-state index is 12.3. The smallest absolute Gasteiger partial charge is 0.306 e. The Morgan fingerprint density at radius 1 is 0.929 bits per heavy atom. The van der Waals surface area contributed by atoms with Crippen LogP contribution in [-0.4, -0.2) is 28.1 Å². The van der Waals surface area contributed by atoms with Gasteiger partial charge in [-0.15, -0.1) is 0 Å². The second kappa shape index (κ2) is 4.55. The summed E-state index contributed by atoms with van der Waals surface area (Å²) in [7, 11) is 0. The molecule has 1 spiro atoms. The second-order valence-electron chi connectivity index (χ2n) is 12.1. The van der Waals surface area contributed by atoms with E-state index in [0.717, 1.165) is 38.0 Å². The van der Waals surface area contributed by atoms with Crippen molar-refractivity contribution in [1.29, 1.82) is 0 Å². The molecule has 4 heteroatoms. The average Bonchev–Trinajstić information content (AvgIpc) is 3.54. The van der Waals surface area contributed by atoms with Crippen LogP contribution in [0.2, 0.25) is 0 Å². The van der Waals surface area contributed by atoms with E-state index in [9.17, 15) is 14.7 Å². The van der Waals surface area contributed by atoms with Gasteiger partial charge in [0.05, 0.1) is 5.60 Å². The quantitative estimate of drug-likeness (QED) is 0.649. The van der Waals surface area contributed by atoms with Gasteiger partial charge in [-0.1, -0.05) is 13.8 Å². The monoisotopic (exact) mass is 384 g/mol. The Hall–Kier alpha value is -0.900. The number of ether oxygens (including phenoxy) is 1. The molecule has 0 aromatic heterocycles. The third kappa shape index (κ3) is 1.55. The molecule has 1 heterocycles. The number of esters is 1. The van der Waals surface area contributed by atoms with Crippen LogP contribution < -0.4 is 0 Å². The van der Waals surface area contributed by atoms with E-state index in [1.165, 1.54) is 6.42 Å². The number of fused-ring (bicyclic) bond motifs is 12. The molecule has 152 valence electrons. The largest absolute Gasteiger partial charge is 0.458 e. The molecule has 0 amide bonds. The van der Waals surface area contributed by atoms with Gasteiger partial charge in [-0.3, -0.25) is 9.59 Å². The zero-order valence-corrected chi connectivity index (χ0v) is 17.1. The van der Waals surface area contributed by atoms with E-state index < -0.39 is 5.60 Å². The summed E-state index contributed by atoms with van der Waals surface area (Å²) in [5.41, 5.74) is -0.943. The van der Waals surface area contributed by atoms with Gasteiger partial charge >= 0.3 is 5.97 Å². The van der Waals surface area contributed by atoms with Crippen LogP contribution in [-0.2, 0) is 14.3 Å². The topological polar surface area (TPSA) is 63.6 Å². The van der Waals surface area contributed by atoms with Gasteiger partial charge in [0.25, 0.3) is 0 Å². The Balaban J connectivity index is 1.32. The number of Topliss-reactive ketones (excluding diaryl/α,β-unsaturated/α-hetero) is 1. The number of ketones is 1.